The Morgan fingerprint density at radius 3 is 2.68 bits per heavy atom. The molecule has 1 aliphatic heterocycles. The summed E-state index contributed by atoms with van der Waals surface area (Å²) in [6, 6.07) is 0. The van der Waals surface area contributed by atoms with Crippen LogP contribution in [0.3, 0.4) is 0 Å². The van der Waals surface area contributed by atoms with Crippen LogP contribution in [-0.2, 0) is 10.3 Å². The second-order valence-electron chi connectivity index (χ2n) is 5.28. The number of nitrogens with zero attached hydrogens (tertiary/aromatic N) is 3. The first-order chi connectivity index (χ1) is 8.93. The number of amides is 1. The number of rotatable bonds is 3. The van der Waals surface area contributed by atoms with E-state index in [1.807, 2.05) is 6.92 Å². The zero-order valence-corrected chi connectivity index (χ0v) is 11.7. The summed E-state index contributed by atoms with van der Waals surface area (Å²) < 4.78 is 0. The third-order valence-corrected chi connectivity index (χ3v) is 3.02. The number of aryl methyl sites for hydroxylation is 1. The van der Waals surface area contributed by atoms with Gasteiger partial charge in [-0.2, -0.15) is 0 Å². The lowest BCUT2D eigenvalue weighted by Gasteiger charge is -2.21. The third kappa shape index (κ3) is 2.57. The molecule has 1 aromatic heterocycles. The molecule has 0 radical (unpaired) electrons. The van der Waals surface area contributed by atoms with Crippen LogP contribution in [-0.4, -0.2) is 28.4 Å². The van der Waals surface area contributed by atoms with Crippen molar-refractivity contribution in [2.75, 3.05) is 6.54 Å². The summed E-state index contributed by atoms with van der Waals surface area (Å²) in [6.07, 6.45) is 3.20. The fourth-order valence-electron chi connectivity index (χ4n) is 1.98. The summed E-state index contributed by atoms with van der Waals surface area (Å²) in [5, 5.41) is 5.87. The summed E-state index contributed by atoms with van der Waals surface area (Å²) in [5.41, 5.74) is 0.453. The monoisotopic (exact) mass is 261 g/mol. The van der Waals surface area contributed by atoms with Crippen LogP contribution >= 0.6 is 0 Å². The molecule has 2 rings (SSSR count). The molecular formula is C13H19N5O. The Morgan fingerprint density at radius 2 is 2.05 bits per heavy atom. The first-order valence-corrected chi connectivity index (χ1v) is 6.35. The molecule has 0 bridgehead atoms. The molecule has 0 aromatic carbocycles. The van der Waals surface area contributed by atoms with E-state index in [-0.39, 0.29) is 5.91 Å². The topological polar surface area (TPSA) is 79.3 Å². The minimum absolute atomic E-state index is 0.154. The summed E-state index contributed by atoms with van der Waals surface area (Å²) in [5.74, 6) is 0.793. The minimum atomic E-state index is -0.909. The molecule has 1 fully saturated rings. The molecule has 1 amide bonds. The van der Waals surface area contributed by atoms with Gasteiger partial charge >= 0.3 is 0 Å². The number of aliphatic imine (C=N–C) groups is 1. The summed E-state index contributed by atoms with van der Waals surface area (Å²) in [4.78, 5) is 25.0. The van der Waals surface area contributed by atoms with Gasteiger partial charge in [-0.05, 0) is 19.8 Å². The standard InChI is InChI=1S/C13H19N5O/c1-8(2)7-16-12-17-11(19)13(4,18-12)10-9(3)14-5-6-15-10/h5-6,8H,7H2,1-4H3,(H2,16,17,18,19). The Bertz CT molecular complexity index is 526. The Morgan fingerprint density at radius 1 is 1.37 bits per heavy atom. The van der Waals surface area contributed by atoms with Gasteiger partial charge in [-0.25, -0.2) is 0 Å². The molecule has 1 unspecified atom stereocenters. The van der Waals surface area contributed by atoms with Gasteiger partial charge in [0, 0.05) is 18.9 Å². The molecule has 0 aliphatic carbocycles. The second-order valence-corrected chi connectivity index (χ2v) is 5.28. The number of aromatic nitrogens is 2. The van der Waals surface area contributed by atoms with E-state index in [2.05, 4.69) is 39.4 Å². The van der Waals surface area contributed by atoms with Crippen molar-refractivity contribution in [1.29, 1.82) is 0 Å². The van der Waals surface area contributed by atoms with Crippen molar-refractivity contribution in [2.24, 2.45) is 10.9 Å². The fraction of sp³-hybridized carbons (Fsp3) is 0.538. The van der Waals surface area contributed by atoms with Gasteiger partial charge in [0.2, 0.25) is 0 Å². The summed E-state index contributed by atoms with van der Waals surface area (Å²) >= 11 is 0. The van der Waals surface area contributed by atoms with E-state index in [0.29, 0.717) is 24.1 Å². The van der Waals surface area contributed by atoms with Crippen molar-refractivity contribution in [1.82, 2.24) is 20.6 Å². The van der Waals surface area contributed by atoms with Crippen molar-refractivity contribution in [2.45, 2.75) is 33.2 Å². The summed E-state index contributed by atoms with van der Waals surface area (Å²) in [6.45, 7) is 8.45. The van der Waals surface area contributed by atoms with E-state index < -0.39 is 5.54 Å². The predicted molar refractivity (Wildman–Crippen MR) is 72.5 cm³/mol. The Hall–Kier alpha value is -1.98. The Balaban J connectivity index is 2.28. The molecule has 0 spiro atoms. The van der Waals surface area contributed by atoms with Crippen molar-refractivity contribution < 1.29 is 4.79 Å². The van der Waals surface area contributed by atoms with E-state index in [9.17, 15) is 4.79 Å². The number of hydrogen-bond acceptors (Lipinski definition) is 4. The van der Waals surface area contributed by atoms with Gasteiger partial charge in [-0.15, -0.1) is 0 Å². The van der Waals surface area contributed by atoms with Gasteiger partial charge < -0.3 is 5.32 Å². The highest BCUT2D eigenvalue weighted by Gasteiger charge is 2.44. The van der Waals surface area contributed by atoms with E-state index in [4.69, 9.17) is 0 Å². The maximum atomic E-state index is 12.2. The lowest BCUT2D eigenvalue weighted by molar-refractivity contribution is -0.123. The number of guanidine groups is 1. The molecule has 1 saturated heterocycles. The highest BCUT2D eigenvalue weighted by Crippen LogP contribution is 2.23. The van der Waals surface area contributed by atoms with Crippen LogP contribution in [0, 0.1) is 12.8 Å². The molecule has 1 aliphatic rings. The summed E-state index contributed by atoms with van der Waals surface area (Å²) in [7, 11) is 0. The smallest absolute Gasteiger partial charge is 0.258 e. The fourth-order valence-corrected chi connectivity index (χ4v) is 1.98. The molecule has 102 valence electrons. The average molecular weight is 261 g/mol. The van der Waals surface area contributed by atoms with Gasteiger partial charge in [0.1, 0.15) is 0 Å². The van der Waals surface area contributed by atoms with Crippen LogP contribution in [0.5, 0.6) is 0 Å². The molecule has 6 nitrogen and oxygen atoms in total. The maximum absolute atomic E-state index is 12.2. The molecule has 1 atom stereocenters. The Kier molecular flexibility index (Phi) is 3.50. The third-order valence-electron chi connectivity index (χ3n) is 3.02. The largest absolute Gasteiger partial charge is 0.337 e. The highest BCUT2D eigenvalue weighted by atomic mass is 16.2. The predicted octanol–water partition coefficient (Wildman–Crippen LogP) is 0.732. The maximum Gasteiger partial charge on any atom is 0.258 e. The zero-order chi connectivity index (χ0) is 14.0. The molecule has 2 heterocycles. The highest BCUT2D eigenvalue weighted by molar-refractivity contribution is 6.09. The first kappa shape index (κ1) is 13.5. The van der Waals surface area contributed by atoms with Crippen LogP contribution < -0.4 is 10.6 Å². The molecule has 0 saturated carbocycles. The number of carbonyl (C=O) groups is 1. The van der Waals surface area contributed by atoms with Crippen molar-refractivity contribution in [3.63, 3.8) is 0 Å². The van der Waals surface area contributed by atoms with Crippen LogP contribution in [0.1, 0.15) is 32.2 Å². The second kappa shape index (κ2) is 4.95. The SMILES string of the molecule is Cc1nccnc1C1(C)NC(=NCC(C)C)NC1=O. The molecule has 6 heteroatoms. The number of hydrogen-bond donors (Lipinski definition) is 2. The molecule has 2 N–H and O–H groups in total. The van der Waals surface area contributed by atoms with Gasteiger partial charge in [-0.1, -0.05) is 13.8 Å². The quantitative estimate of drug-likeness (QED) is 0.840. The molecule has 1 aromatic rings. The van der Waals surface area contributed by atoms with Crippen molar-refractivity contribution in [3.05, 3.63) is 23.8 Å². The number of nitrogens with one attached hydrogen (secondary N) is 2. The lowest BCUT2D eigenvalue weighted by atomic mass is 9.96. The van der Waals surface area contributed by atoms with Gasteiger partial charge in [0.05, 0.1) is 11.4 Å². The van der Waals surface area contributed by atoms with Crippen LogP contribution in [0.15, 0.2) is 17.4 Å². The van der Waals surface area contributed by atoms with E-state index in [1.165, 1.54) is 0 Å². The van der Waals surface area contributed by atoms with E-state index in [1.54, 1.807) is 19.3 Å². The van der Waals surface area contributed by atoms with Gasteiger partial charge in [0.25, 0.3) is 5.91 Å². The van der Waals surface area contributed by atoms with Gasteiger partial charge in [-0.3, -0.25) is 25.1 Å². The molecule has 19 heavy (non-hydrogen) atoms. The van der Waals surface area contributed by atoms with Crippen LogP contribution in [0.4, 0.5) is 0 Å². The van der Waals surface area contributed by atoms with Crippen molar-refractivity contribution >= 4 is 11.9 Å². The Labute approximate surface area is 112 Å². The number of carbonyl (C=O) groups excluding carboxylic acids is 1. The zero-order valence-electron chi connectivity index (χ0n) is 11.7. The van der Waals surface area contributed by atoms with Crippen LogP contribution in [0.2, 0.25) is 0 Å². The van der Waals surface area contributed by atoms with E-state index in [0.717, 1.165) is 5.69 Å². The lowest BCUT2D eigenvalue weighted by Crippen LogP contribution is -2.42. The average Bonchev–Trinajstić information content (AvgIpc) is 2.64. The van der Waals surface area contributed by atoms with Gasteiger partial charge in [0.15, 0.2) is 11.5 Å². The van der Waals surface area contributed by atoms with Crippen LogP contribution in [0.25, 0.3) is 0 Å². The van der Waals surface area contributed by atoms with E-state index >= 15 is 0 Å². The minimum Gasteiger partial charge on any atom is -0.337 e. The first-order valence-electron chi connectivity index (χ1n) is 6.35. The normalized spacial score (nSPS) is 24.7. The molecular weight excluding hydrogens is 242 g/mol. The van der Waals surface area contributed by atoms with Crippen molar-refractivity contribution in [3.8, 4) is 0 Å².